The van der Waals surface area contributed by atoms with Gasteiger partial charge in [0, 0.05) is 18.1 Å². The van der Waals surface area contributed by atoms with Gasteiger partial charge in [-0.05, 0) is 37.5 Å². The Labute approximate surface area is 88.4 Å². The molecular weight excluding hydrogens is 190 g/mol. The Morgan fingerprint density at radius 2 is 2.13 bits per heavy atom. The molecule has 0 saturated carbocycles. The van der Waals surface area contributed by atoms with E-state index in [0.29, 0.717) is 0 Å². The summed E-state index contributed by atoms with van der Waals surface area (Å²) >= 11 is 0. The zero-order valence-electron chi connectivity index (χ0n) is 8.60. The Kier molecular flexibility index (Phi) is 2.76. The third kappa shape index (κ3) is 2.21. The molecule has 4 heteroatoms. The highest BCUT2D eigenvalue weighted by Crippen LogP contribution is 2.14. The molecule has 2 rings (SSSR count). The van der Waals surface area contributed by atoms with Crippen LogP contribution >= 0.6 is 0 Å². The predicted octanol–water partition coefficient (Wildman–Crippen LogP) is 1.14. The molecule has 0 fully saturated rings. The zero-order valence-corrected chi connectivity index (χ0v) is 8.60. The summed E-state index contributed by atoms with van der Waals surface area (Å²) in [7, 11) is 0. The van der Waals surface area contributed by atoms with E-state index in [1.54, 1.807) is 12.4 Å². The van der Waals surface area contributed by atoms with Crippen LogP contribution in [-0.4, -0.2) is 16.6 Å². The van der Waals surface area contributed by atoms with Crippen LogP contribution in [0.25, 0.3) is 0 Å². The van der Waals surface area contributed by atoms with Crippen molar-refractivity contribution in [1.82, 2.24) is 10.4 Å². The summed E-state index contributed by atoms with van der Waals surface area (Å²) in [6.07, 6.45) is 5.23. The molecule has 4 nitrogen and oxygen atoms in total. The average molecular weight is 203 g/mol. The van der Waals surface area contributed by atoms with Gasteiger partial charge >= 0.3 is 0 Å². The lowest BCUT2D eigenvalue weighted by Crippen LogP contribution is -2.22. The van der Waals surface area contributed by atoms with Crippen LogP contribution in [0.4, 0.5) is 0 Å². The molecule has 1 aliphatic rings. The number of aryl methyl sites for hydroxylation is 1. The van der Waals surface area contributed by atoms with Crippen LogP contribution in [0.2, 0.25) is 0 Å². The molecule has 0 radical (unpaired) electrons. The van der Waals surface area contributed by atoms with E-state index in [0.717, 1.165) is 18.6 Å². The van der Waals surface area contributed by atoms with Gasteiger partial charge in [0.05, 0.1) is 5.92 Å². The van der Waals surface area contributed by atoms with Crippen molar-refractivity contribution in [1.29, 1.82) is 0 Å². The number of nitrogens with one attached hydrogen (secondary N) is 1. The van der Waals surface area contributed by atoms with Crippen LogP contribution in [-0.2, 0) is 11.2 Å². The lowest BCUT2D eigenvalue weighted by atomic mass is 9.96. The minimum Gasteiger partial charge on any atom is -0.272 e. The minimum atomic E-state index is -0.0573. The van der Waals surface area contributed by atoms with Crippen molar-refractivity contribution in [2.45, 2.75) is 19.8 Å². The fourth-order valence-corrected chi connectivity index (χ4v) is 1.69. The van der Waals surface area contributed by atoms with Gasteiger partial charge in [0.1, 0.15) is 0 Å². The molecule has 1 aromatic heterocycles. The maximum Gasteiger partial charge on any atom is 0.248 e. The molecule has 0 saturated heterocycles. The van der Waals surface area contributed by atoms with Gasteiger partial charge in [0.25, 0.3) is 0 Å². The number of amides is 1. The summed E-state index contributed by atoms with van der Waals surface area (Å²) in [4.78, 5) is 15.3. The molecule has 1 N–H and O–H groups in total. The topological polar surface area (TPSA) is 54.4 Å². The van der Waals surface area contributed by atoms with Gasteiger partial charge in [-0.3, -0.25) is 9.78 Å². The van der Waals surface area contributed by atoms with E-state index < -0.39 is 0 Å². The fourth-order valence-electron chi connectivity index (χ4n) is 1.69. The molecule has 1 aliphatic heterocycles. The number of rotatable bonds is 3. The molecule has 1 amide bonds. The normalized spacial score (nSPS) is 19.9. The molecule has 1 aromatic rings. The van der Waals surface area contributed by atoms with Crippen LogP contribution in [0.3, 0.4) is 0 Å². The molecule has 0 spiro atoms. The van der Waals surface area contributed by atoms with E-state index in [1.165, 1.54) is 5.56 Å². The van der Waals surface area contributed by atoms with Crippen molar-refractivity contribution in [3.63, 3.8) is 0 Å². The fraction of sp³-hybridized carbons (Fsp3) is 0.364. The SMILES string of the molecule is CC1=NNC(=O)[C@H]1CCc1ccncc1. The van der Waals surface area contributed by atoms with Gasteiger partial charge in [-0.1, -0.05) is 0 Å². The first-order chi connectivity index (χ1) is 7.27. The maximum atomic E-state index is 11.4. The lowest BCUT2D eigenvalue weighted by molar-refractivity contribution is -0.122. The van der Waals surface area contributed by atoms with Crippen LogP contribution in [0.5, 0.6) is 0 Å². The predicted molar refractivity (Wildman–Crippen MR) is 57.3 cm³/mol. The largest absolute Gasteiger partial charge is 0.272 e. The van der Waals surface area contributed by atoms with Crippen molar-refractivity contribution in [3.8, 4) is 0 Å². The minimum absolute atomic E-state index is 0.0153. The maximum absolute atomic E-state index is 11.4. The van der Waals surface area contributed by atoms with Crippen molar-refractivity contribution < 1.29 is 4.79 Å². The Hall–Kier alpha value is -1.71. The first kappa shape index (κ1) is 9.83. The van der Waals surface area contributed by atoms with Crippen LogP contribution in [0.1, 0.15) is 18.9 Å². The van der Waals surface area contributed by atoms with Crippen LogP contribution in [0.15, 0.2) is 29.6 Å². The Morgan fingerprint density at radius 1 is 1.40 bits per heavy atom. The standard InChI is InChI=1S/C11H13N3O/c1-8-10(11(15)14-13-8)3-2-9-4-6-12-7-5-9/h4-7,10H,2-3H2,1H3,(H,14,15)/t10-/m0/s1. The second kappa shape index (κ2) is 4.21. The van der Waals surface area contributed by atoms with E-state index in [-0.39, 0.29) is 11.8 Å². The molecule has 0 bridgehead atoms. The third-order valence-corrected chi connectivity index (χ3v) is 2.63. The monoisotopic (exact) mass is 203 g/mol. The Morgan fingerprint density at radius 3 is 2.73 bits per heavy atom. The second-order valence-electron chi connectivity index (χ2n) is 3.68. The Bertz CT molecular complexity index is 386. The van der Waals surface area contributed by atoms with Gasteiger partial charge in [0.15, 0.2) is 0 Å². The first-order valence-corrected chi connectivity index (χ1v) is 5.00. The molecule has 15 heavy (non-hydrogen) atoms. The quantitative estimate of drug-likeness (QED) is 0.800. The highest BCUT2D eigenvalue weighted by atomic mass is 16.2. The van der Waals surface area contributed by atoms with E-state index in [4.69, 9.17) is 0 Å². The van der Waals surface area contributed by atoms with Gasteiger partial charge in [0.2, 0.25) is 5.91 Å². The average Bonchev–Trinajstić information content (AvgIpc) is 2.58. The lowest BCUT2D eigenvalue weighted by Gasteiger charge is -2.06. The van der Waals surface area contributed by atoms with Crippen molar-refractivity contribution >= 4 is 11.6 Å². The molecule has 78 valence electrons. The highest BCUT2D eigenvalue weighted by molar-refractivity contribution is 6.06. The number of aromatic nitrogens is 1. The third-order valence-electron chi connectivity index (χ3n) is 2.63. The van der Waals surface area contributed by atoms with Gasteiger partial charge in [-0.2, -0.15) is 5.10 Å². The van der Waals surface area contributed by atoms with E-state index in [9.17, 15) is 4.79 Å². The number of carbonyl (C=O) groups is 1. The molecule has 2 heterocycles. The smallest absolute Gasteiger partial charge is 0.248 e. The van der Waals surface area contributed by atoms with E-state index in [2.05, 4.69) is 15.5 Å². The van der Waals surface area contributed by atoms with Gasteiger partial charge in [-0.25, -0.2) is 5.43 Å². The van der Waals surface area contributed by atoms with Gasteiger partial charge in [-0.15, -0.1) is 0 Å². The number of hydrogen-bond donors (Lipinski definition) is 1. The van der Waals surface area contributed by atoms with E-state index in [1.807, 2.05) is 19.1 Å². The molecule has 0 unspecified atom stereocenters. The summed E-state index contributed by atoms with van der Waals surface area (Å²) in [5, 5.41) is 3.92. The Balaban J connectivity index is 1.94. The number of carbonyl (C=O) groups excluding carboxylic acids is 1. The van der Waals surface area contributed by atoms with Crippen molar-refractivity contribution in [2.24, 2.45) is 11.0 Å². The summed E-state index contributed by atoms with van der Waals surface area (Å²) < 4.78 is 0. The number of pyridine rings is 1. The number of hydrogen-bond acceptors (Lipinski definition) is 3. The van der Waals surface area contributed by atoms with Crippen LogP contribution in [0, 0.1) is 5.92 Å². The summed E-state index contributed by atoms with van der Waals surface area (Å²) in [6.45, 7) is 1.88. The van der Waals surface area contributed by atoms with Gasteiger partial charge < -0.3 is 0 Å². The number of hydrazone groups is 1. The molecular formula is C11H13N3O. The summed E-state index contributed by atoms with van der Waals surface area (Å²) in [5.41, 5.74) is 4.58. The highest BCUT2D eigenvalue weighted by Gasteiger charge is 2.25. The number of nitrogens with zero attached hydrogens (tertiary/aromatic N) is 2. The summed E-state index contributed by atoms with van der Waals surface area (Å²) in [6, 6.07) is 3.94. The van der Waals surface area contributed by atoms with E-state index >= 15 is 0 Å². The molecule has 1 atom stereocenters. The van der Waals surface area contributed by atoms with Crippen molar-refractivity contribution in [3.05, 3.63) is 30.1 Å². The van der Waals surface area contributed by atoms with Crippen molar-refractivity contribution in [2.75, 3.05) is 0 Å². The molecule has 0 aromatic carbocycles. The summed E-state index contributed by atoms with van der Waals surface area (Å²) in [5.74, 6) is -0.0419. The van der Waals surface area contributed by atoms with Crippen LogP contribution < -0.4 is 5.43 Å². The first-order valence-electron chi connectivity index (χ1n) is 5.00. The molecule has 0 aliphatic carbocycles. The second-order valence-corrected chi connectivity index (χ2v) is 3.68. The zero-order chi connectivity index (χ0) is 10.7.